The third kappa shape index (κ3) is 19.9. The lowest BCUT2D eigenvalue weighted by molar-refractivity contribution is 0.0706. The highest BCUT2D eigenvalue weighted by Gasteiger charge is 2.03. The summed E-state index contributed by atoms with van der Waals surface area (Å²) < 4.78 is 0. The number of hydrogen-bond acceptors (Lipinski definition) is 0. The molecule has 0 aliphatic rings. The second-order valence-corrected chi connectivity index (χ2v) is 7.50. The Hall–Kier alpha value is -0.0400. The molecule has 1 nitrogen and oxygen atoms in total. The molecular formula is C22H45O. The summed E-state index contributed by atoms with van der Waals surface area (Å²) >= 11 is 0. The zero-order chi connectivity index (χ0) is 17.0. The molecule has 0 bridgehead atoms. The van der Waals surface area contributed by atoms with E-state index >= 15 is 0 Å². The first kappa shape index (κ1) is 23.0. The van der Waals surface area contributed by atoms with Crippen LogP contribution in [-0.2, 0) is 5.11 Å². The summed E-state index contributed by atoms with van der Waals surface area (Å²) in [5.41, 5.74) is 0. The molecule has 0 aromatic carbocycles. The van der Waals surface area contributed by atoms with Crippen LogP contribution in [0.1, 0.15) is 136 Å². The van der Waals surface area contributed by atoms with E-state index in [0.29, 0.717) is 0 Å². The van der Waals surface area contributed by atoms with E-state index in [0.717, 1.165) is 25.7 Å². The predicted octanol–water partition coefficient (Wildman–Crippen LogP) is 8.24. The zero-order valence-corrected chi connectivity index (χ0v) is 16.4. The van der Waals surface area contributed by atoms with E-state index in [1.165, 1.54) is 96.3 Å². The Morgan fingerprint density at radius 2 is 0.783 bits per heavy atom. The van der Waals surface area contributed by atoms with Crippen molar-refractivity contribution in [2.24, 2.45) is 0 Å². The molecule has 0 saturated heterocycles. The molecule has 23 heavy (non-hydrogen) atoms. The first-order valence-electron chi connectivity index (χ1n) is 11.0. The zero-order valence-electron chi connectivity index (χ0n) is 16.4. The van der Waals surface area contributed by atoms with Crippen molar-refractivity contribution < 1.29 is 5.11 Å². The van der Waals surface area contributed by atoms with Gasteiger partial charge in [-0.05, 0) is 12.8 Å². The summed E-state index contributed by atoms with van der Waals surface area (Å²) in [6.45, 7) is 4.40. The molecule has 0 fully saturated rings. The Bertz CT molecular complexity index is 202. The van der Waals surface area contributed by atoms with Crippen LogP contribution < -0.4 is 0 Å². The molecule has 0 aromatic rings. The molecule has 1 atom stereocenters. The normalized spacial score (nSPS) is 12.7. The highest BCUT2D eigenvalue weighted by molar-refractivity contribution is 4.55. The van der Waals surface area contributed by atoms with Gasteiger partial charge in [-0.2, -0.15) is 0 Å². The van der Waals surface area contributed by atoms with Gasteiger partial charge >= 0.3 is 0 Å². The quantitative estimate of drug-likeness (QED) is 0.213. The van der Waals surface area contributed by atoms with Gasteiger partial charge in [0.15, 0.2) is 0 Å². The molecule has 0 saturated carbocycles. The van der Waals surface area contributed by atoms with E-state index in [1.807, 2.05) is 0 Å². The largest absolute Gasteiger partial charge is 0.233 e. The highest BCUT2D eigenvalue weighted by atomic mass is 16.3. The van der Waals surface area contributed by atoms with Gasteiger partial charge in [0.2, 0.25) is 0 Å². The minimum absolute atomic E-state index is 0.286. The van der Waals surface area contributed by atoms with Gasteiger partial charge in [0.25, 0.3) is 0 Å². The van der Waals surface area contributed by atoms with Crippen LogP contribution >= 0.6 is 0 Å². The first-order valence-corrected chi connectivity index (χ1v) is 11.0. The van der Waals surface area contributed by atoms with Crippen molar-refractivity contribution >= 4 is 0 Å². The highest BCUT2D eigenvalue weighted by Crippen LogP contribution is 2.15. The van der Waals surface area contributed by atoms with E-state index < -0.39 is 0 Å². The van der Waals surface area contributed by atoms with Crippen molar-refractivity contribution in [2.45, 2.75) is 142 Å². The van der Waals surface area contributed by atoms with Gasteiger partial charge in [-0.15, -0.1) is 0 Å². The molecule has 0 rings (SSSR count). The fourth-order valence-electron chi connectivity index (χ4n) is 3.39. The Morgan fingerprint density at radius 3 is 1.13 bits per heavy atom. The second-order valence-electron chi connectivity index (χ2n) is 7.50. The third-order valence-electron chi connectivity index (χ3n) is 4.99. The monoisotopic (exact) mass is 325 g/mol. The van der Waals surface area contributed by atoms with Gasteiger partial charge < -0.3 is 0 Å². The van der Waals surface area contributed by atoms with Crippen LogP contribution in [0.2, 0.25) is 0 Å². The molecule has 1 unspecified atom stereocenters. The van der Waals surface area contributed by atoms with Crippen molar-refractivity contribution in [3.05, 3.63) is 0 Å². The van der Waals surface area contributed by atoms with Crippen LogP contribution in [0.3, 0.4) is 0 Å². The summed E-state index contributed by atoms with van der Waals surface area (Å²) in [7, 11) is 0. The molecule has 0 aliphatic heterocycles. The van der Waals surface area contributed by atoms with Crippen molar-refractivity contribution in [3.63, 3.8) is 0 Å². The van der Waals surface area contributed by atoms with Crippen molar-refractivity contribution in [2.75, 3.05) is 0 Å². The van der Waals surface area contributed by atoms with Gasteiger partial charge in [0.1, 0.15) is 0 Å². The molecule has 0 spiro atoms. The maximum atomic E-state index is 11.5. The van der Waals surface area contributed by atoms with E-state index in [4.69, 9.17) is 0 Å². The molecule has 0 amide bonds. The van der Waals surface area contributed by atoms with Gasteiger partial charge in [-0.1, -0.05) is 123 Å². The third-order valence-corrected chi connectivity index (χ3v) is 4.99. The molecule has 1 radical (unpaired) electrons. The summed E-state index contributed by atoms with van der Waals surface area (Å²) in [5.74, 6) is 0. The fourth-order valence-corrected chi connectivity index (χ4v) is 3.39. The molecule has 139 valence electrons. The molecular weight excluding hydrogens is 280 g/mol. The van der Waals surface area contributed by atoms with Crippen LogP contribution in [0.4, 0.5) is 0 Å². The minimum Gasteiger partial charge on any atom is -0.233 e. The van der Waals surface area contributed by atoms with Crippen LogP contribution in [0.15, 0.2) is 0 Å². The maximum absolute atomic E-state index is 11.5. The van der Waals surface area contributed by atoms with Crippen LogP contribution in [0, 0.1) is 0 Å². The minimum atomic E-state index is -0.286. The SMILES string of the molecule is CCCCCCCCCCCCCCCCCCC([O])CCC. The summed E-state index contributed by atoms with van der Waals surface area (Å²) in [6, 6.07) is 0. The smallest absolute Gasteiger partial charge is 0.0930 e. The summed E-state index contributed by atoms with van der Waals surface area (Å²) in [6.07, 6.45) is 25.0. The van der Waals surface area contributed by atoms with Gasteiger partial charge in [-0.3, -0.25) is 0 Å². The molecule has 0 N–H and O–H groups in total. The molecule has 1 heteroatoms. The lowest BCUT2D eigenvalue weighted by atomic mass is 10.0. The van der Waals surface area contributed by atoms with Crippen LogP contribution in [0.25, 0.3) is 0 Å². The van der Waals surface area contributed by atoms with E-state index in [1.54, 1.807) is 0 Å². The maximum Gasteiger partial charge on any atom is 0.0930 e. The Morgan fingerprint density at radius 1 is 0.435 bits per heavy atom. The number of rotatable bonds is 19. The standard InChI is InChI=1S/C22H45O/c1-3-5-6-7-8-9-10-11-12-13-14-15-16-17-18-19-21-22(23)20-4-2/h22H,3-21H2,1-2H3. The average molecular weight is 326 g/mol. The summed E-state index contributed by atoms with van der Waals surface area (Å²) in [5, 5.41) is 11.5. The predicted molar refractivity (Wildman–Crippen MR) is 104 cm³/mol. The molecule has 0 aromatic heterocycles. The van der Waals surface area contributed by atoms with Crippen LogP contribution in [0.5, 0.6) is 0 Å². The van der Waals surface area contributed by atoms with Crippen molar-refractivity contribution in [3.8, 4) is 0 Å². The lowest BCUT2D eigenvalue weighted by Crippen LogP contribution is -2.02. The van der Waals surface area contributed by atoms with E-state index in [-0.39, 0.29) is 6.10 Å². The van der Waals surface area contributed by atoms with Gasteiger partial charge in [0.05, 0.1) is 6.10 Å². The Balaban J connectivity index is 3.00. The topological polar surface area (TPSA) is 19.9 Å². The first-order chi connectivity index (χ1) is 11.3. The van der Waals surface area contributed by atoms with Crippen molar-refractivity contribution in [1.29, 1.82) is 0 Å². The number of hydrogen-bond donors (Lipinski definition) is 0. The average Bonchev–Trinajstić information content (AvgIpc) is 2.54. The van der Waals surface area contributed by atoms with E-state index in [2.05, 4.69) is 13.8 Å². The van der Waals surface area contributed by atoms with Crippen molar-refractivity contribution in [1.82, 2.24) is 0 Å². The number of unbranched alkanes of at least 4 members (excludes halogenated alkanes) is 15. The Kier molecular flexibility index (Phi) is 20.0. The molecule has 0 aliphatic carbocycles. The second kappa shape index (κ2) is 20.0. The van der Waals surface area contributed by atoms with Gasteiger partial charge in [0, 0.05) is 0 Å². The Labute approximate surface area is 147 Å². The fraction of sp³-hybridized carbons (Fsp3) is 1.00. The van der Waals surface area contributed by atoms with Crippen LogP contribution in [-0.4, -0.2) is 6.10 Å². The van der Waals surface area contributed by atoms with E-state index in [9.17, 15) is 5.11 Å². The van der Waals surface area contributed by atoms with Gasteiger partial charge in [-0.25, -0.2) is 5.11 Å². The molecule has 0 heterocycles. The lowest BCUT2D eigenvalue weighted by Gasteiger charge is -2.06. The summed E-state index contributed by atoms with van der Waals surface area (Å²) in [4.78, 5) is 0.